The number of carbonyl (C=O) groups excluding carboxylic acids is 1. The van der Waals surface area contributed by atoms with E-state index in [4.69, 9.17) is 16.3 Å². The summed E-state index contributed by atoms with van der Waals surface area (Å²) in [6, 6.07) is 0. The van der Waals surface area contributed by atoms with E-state index in [1.165, 1.54) is 12.8 Å². The molecule has 0 bridgehead atoms. The van der Waals surface area contributed by atoms with Gasteiger partial charge >= 0.3 is 0 Å². The summed E-state index contributed by atoms with van der Waals surface area (Å²) < 4.78 is 7.31. The van der Waals surface area contributed by atoms with Crippen LogP contribution in [0.4, 0.5) is 0 Å². The van der Waals surface area contributed by atoms with Crippen molar-refractivity contribution >= 4 is 17.4 Å². The topological polar surface area (TPSA) is 44.1 Å². The van der Waals surface area contributed by atoms with Crippen LogP contribution < -0.4 is 0 Å². The van der Waals surface area contributed by atoms with Crippen molar-refractivity contribution in [1.29, 1.82) is 0 Å². The Balaban J connectivity index is 2.36. The third kappa shape index (κ3) is 2.70. The van der Waals surface area contributed by atoms with Gasteiger partial charge in [-0.15, -0.1) is 0 Å². The highest BCUT2D eigenvalue weighted by Gasteiger charge is 2.41. The molecule has 1 fully saturated rings. The predicted molar refractivity (Wildman–Crippen MR) is 74.7 cm³/mol. The van der Waals surface area contributed by atoms with Crippen molar-refractivity contribution in [3.05, 3.63) is 16.9 Å². The normalized spacial score (nSPS) is 19.1. The van der Waals surface area contributed by atoms with Gasteiger partial charge in [-0.25, -0.2) is 0 Å². The number of ether oxygens (including phenoxy) is 1. The molecule has 0 spiro atoms. The zero-order chi connectivity index (χ0) is 13.9. The molecule has 19 heavy (non-hydrogen) atoms. The first-order valence-electron chi connectivity index (χ1n) is 6.96. The summed E-state index contributed by atoms with van der Waals surface area (Å²) >= 11 is 6.14. The molecule has 0 saturated heterocycles. The molecule has 5 heteroatoms. The van der Waals surface area contributed by atoms with Crippen molar-refractivity contribution in [3.63, 3.8) is 0 Å². The Morgan fingerprint density at radius 1 is 1.42 bits per heavy atom. The molecule has 0 amide bonds. The van der Waals surface area contributed by atoms with Gasteiger partial charge in [0.05, 0.1) is 11.2 Å². The maximum absolute atomic E-state index is 12.9. The molecule has 0 radical (unpaired) electrons. The fourth-order valence-corrected chi connectivity index (χ4v) is 3.09. The third-order valence-electron chi connectivity index (χ3n) is 4.03. The summed E-state index contributed by atoms with van der Waals surface area (Å²) in [5.74, 6) is -0.0127. The van der Waals surface area contributed by atoms with Crippen molar-refractivity contribution < 1.29 is 9.53 Å². The third-order valence-corrected chi connectivity index (χ3v) is 4.30. The molecule has 1 aromatic rings. The van der Waals surface area contributed by atoms with Crippen LogP contribution in [-0.4, -0.2) is 28.3 Å². The summed E-state index contributed by atoms with van der Waals surface area (Å²) in [5.41, 5.74) is -0.222. The second-order valence-corrected chi connectivity index (χ2v) is 5.51. The number of methoxy groups -OCH3 is 1. The van der Waals surface area contributed by atoms with Crippen LogP contribution >= 0.6 is 11.6 Å². The Morgan fingerprint density at radius 3 is 2.58 bits per heavy atom. The average molecular weight is 285 g/mol. The van der Waals surface area contributed by atoms with Gasteiger partial charge < -0.3 is 4.74 Å². The number of carbonyl (C=O) groups is 1. The van der Waals surface area contributed by atoms with E-state index in [9.17, 15) is 4.79 Å². The standard InChI is InChI=1S/C14H21ClN2O2/c1-3-17-12(11(15)10-16-17)13(18)14(19-2)8-6-4-5-7-9-14/h10H,3-9H2,1-2H3. The van der Waals surface area contributed by atoms with Gasteiger partial charge in [0.25, 0.3) is 0 Å². The Hall–Kier alpha value is -0.870. The highest BCUT2D eigenvalue weighted by atomic mass is 35.5. The molecule has 0 unspecified atom stereocenters. The molecule has 0 atom stereocenters. The van der Waals surface area contributed by atoms with Crippen LogP contribution in [0.1, 0.15) is 55.9 Å². The van der Waals surface area contributed by atoms with E-state index in [1.54, 1.807) is 18.0 Å². The molecule has 1 aromatic heterocycles. The second-order valence-electron chi connectivity index (χ2n) is 5.10. The number of aromatic nitrogens is 2. The van der Waals surface area contributed by atoms with Crippen molar-refractivity contribution in [2.24, 2.45) is 0 Å². The minimum atomic E-state index is -0.715. The average Bonchev–Trinajstić information content (AvgIpc) is 2.65. The molecular weight excluding hydrogens is 264 g/mol. The lowest BCUT2D eigenvalue weighted by atomic mass is 9.87. The molecule has 4 nitrogen and oxygen atoms in total. The first-order chi connectivity index (χ1) is 9.14. The summed E-state index contributed by atoms with van der Waals surface area (Å²) in [4.78, 5) is 12.9. The first kappa shape index (κ1) is 14.5. The molecule has 1 aliphatic carbocycles. The van der Waals surface area contributed by atoms with Crippen molar-refractivity contribution in [2.45, 2.75) is 57.6 Å². The van der Waals surface area contributed by atoms with E-state index in [-0.39, 0.29) is 5.78 Å². The first-order valence-corrected chi connectivity index (χ1v) is 7.33. The molecule has 0 N–H and O–H groups in total. The SMILES string of the molecule is CCn1ncc(Cl)c1C(=O)C1(OC)CCCCCC1. The fraction of sp³-hybridized carbons (Fsp3) is 0.714. The number of halogens is 1. The van der Waals surface area contributed by atoms with Gasteiger partial charge in [0.15, 0.2) is 0 Å². The van der Waals surface area contributed by atoms with Gasteiger partial charge in [-0.2, -0.15) is 5.10 Å². The highest BCUT2D eigenvalue weighted by molar-refractivity contribution is 6.34. The predicted octanol–water partition coefficient (Wildman–Crippen LogP) is 3.48. The number of Topliss-reactive ketones (excluding diaryl/α,β-unsaturated/α-hetero) is 1. The highest BCUT2D eigenvalue weighted by Crippen LogP contribution is 2.34. The van der Waals surface area contributed by atoms with Crippen molar-refractivity contribution in [2.75, 3.05) is 7.11 Å². The quantitative estimate of drug-likeness (QED) is 0.628. The Kier molecular flexibility index (Phi) is 4.63. The minimum Gasteiger partial charge on any atom is -0.370 e. The van der Waals surface area contributed by atoms with Crippen molar-refractivity contribution in [3.8, 4) is 0 Å². The lowest BCUT2D eigenvalue weighted by molar-refractivity contribution is -0.00771. The molecule has 1 heterocycles. The van der Waals surface area contributed by atoms with Gasteiger partial charge in [0.1, 0.15) is 11.3 Å². The van der Waals surface area contributed by atoms with Gasteiger partial charge in [-0.1, -0.05) is 37.3 Å². The molecule has 106 valence electrons. The van der Waals surface area contributed by atoms with Crippen molar-refractivity contribution in [1.82, 2.24) is 9.78 Å². The van der Waals surface area contributed by atoms with Crippen LogP contribution in [0.5, 0.6) is 0 Å². The Bertz CT molecular complexity index is 448. The lowest BCUT2D eigenvalue weighted by Crippen LogP contribution is -2.41. The number of nitrogens with zero attached hydrogens (tertiary/aromatic N) is 2. The molecule has 0 aromatic carbocycles. The van der Waals surface area contributed by atoms with E-state index >= 15 is 0 Å². The Labute approximate surface area is 119 Å². The largest absolute Gasteiger partial charge is 0.370 e. The number of aryl methyl sites for hydroxylation is 1. The second kappa shape index (κ2) is 6.06. The summed E-state index contributed by atoms with van der Waals surface area (Å²) in [7, 11) is 1.63. The maximum atomic E-state index is 12.9. The van der Waals surface area contributed by atoms with E-state index in [0.717, 1.165) is 25.7 Å². The number of ketones is 1. The Morgan fingerprint density at radius 2 is 2.05 bits per heavy atom. The van der Waals surface area contributed by atoms with E-state index in [1.807, 2.05) is 6.92 Å². The van der Waals surface area contributed by atoms with Crippen LogP contribution in [-0.2, 0) is 11.3 Å². The molecular formula is C14H21ClN2O2. The zero-order valence-electron chi connectivity index (χ0n) is 11.6. The van der Waals surface area contributed by atoms with Crippen LogP contribution in [0.25, 0.3) is 0 Å². The monoisotopic (exact) mass is 284 g/mol. The van der Waals surface area contributed by atoms with E-state index in [0.29, 0.717) is 17.3 Å². The van der Waals surface area contributed by atoms with Gasteiger partial charge in [0, 0.05) is 13.7 Å². The van der Waals surface area contributed by atoms with Crippen LogP contribution in [0.3, 0.4) is 0 Å². The number of hydrogen-bond acceptors (Lipinski definition) is 3. The fourth-order valence-electron chi connectivity index (χ4n) is 2.87. The van der Waals surface area contributed by atoms with Gasteiger partial charge in [-0.05, 0) is 19.8 Å². The number of rotatable bonds is 4. The summed E-state index contributed by atoms with van der Waals surface area (Å²) in [5, 5.41) is 4.57. The summed E-state index contributed by atoms with van der Waals surface area (Å²) in [6.07, 6.45) is 7.46. The zero-order valence-corrected chi connectivity index (χ0v) is 12.4. The van der Waals surface area contributed by atoms with Crippen LogP contribution in [0, 0.1) is 0 Å². The van der Waals surface area contributed by atoms with Gasteiger partial charge in [0.2, 0.25) is 5.78 Å². The van der Waals surface area contributed by atoms with Gasteiger partial charge in [-0.3, -0.25) is 9.48 Å². The molecule has 0 aliphatic heterocycles. The molecule has 1 saturated carbocycles. The lowest BCUT2D eigenvalue weighted by Gasteiger charge is -2.29. The maximum Gasteiger partial charge on any atom is 0.214 e. The summed E-state index contributed by atoms with van der Waals surface area (Å²) in [6.45, 7) is 2.58. The minimum absolute atomic E-state index is 0.0127. The van der Waals surface area contributed by atoms with Crippen LogP contribution in [0.15, 0.2) is 6.20 Å². The van der Waals surface area contributed by atoms with E-state index < -0.39 is 5.60 Å². The molecule has 1 aliphatic rings. The number of hydrogen-bond donors (Lipinski definition) is 0. The van der Waals surface area contributed by atoms with E-state index in [2.05, 4.69) is 5.10 Å². The van der Waals surface area contributed by atoms with Crippen LogP contribution in [0.2, 0.25) is 5.02 Å². The smallest absolute Gasteiger partial charge is 0.214 e. The molecule has 2 rings (SSSR count).